The summed E-state index contributed by atoms with van der Waals surface area (Å²) in [5, 5.41) is 3.04. The third-order valence-corrected chi connectivity index (χ3v) is 1.18. The molecule has 1 rings (SSSR count). The molecule has 1 aromatic heterocycles. The monoisotopic (exact) mass is 149 g/mol. The third-order valence-electron chi connectivity index (χ3n) is 1.18. The molecule has 0 aliphatic rings. The molecule has 0 amide bonds. The van der Waals surface area contributed by atoms with Gasteiger partial charge in [0.1, 0.15) is 0 Å². The van der Waals surface area contributed by atoms with Crippen molar-refractivity contribution in [2.24, 2.45) is 0 Å². The molecule has 58 valence electrons. The van der Waals surface area contributed by atoms with Crippen molar-refractivity contribution in [1.82, 2.24) is 9.97 Å². The van der Waals surface area contributed by atoms with Gasteiger partial charge in [-0.2, -0.15) is 0 Å². The summed E-state index contributed by atoms with van der Waals surface area (Å²) >= 11 is 0. The van der Waals surface area contributed by atoms with Gasteiger partial charge in [-0.25, -0.2) is 9.97 Å². The number of nitrogens with zero attached hydrogens (tertiary/aromatic N) is 2. The molecule has 0 unspecified atom stereocenters. The van der Waals surface area contributed by atoms with Crippen LogP contribution < -0.4 is 5.32 Å². The van der Waals surface area contributed by atoms with Gasteiger partial charge in [0, 0.05) is 18.9 Å². The molecule has 11 heavy (non-hydrogen) atoms. The van der Waals surface area contributed by atoms with Gasteiger partial charge in [-0.1, -0.05) is 12.2 Å². The molecule has 0 spiro atoms. The summed E-state index contributed by atoms with van der Waals surface area (Å²) in [5.74, 6) is 0.672. The SMILES string of the molecule is C/C=C/CNc1ncccn1. The largest absolute Gasteiger partial charge is 0.351 e. The summed E-state index contributed by atoms with van der Waals surface area (Å²) in [7, 11) is 0. The van der Waals surface area contributed by atoms with Gasteiger partial charge in [0.15, 0.2) is 0 Å². The molecule has 0 aliphatic heterocycles. The van der Waals surface area contributed by atoms with Crippen LogP contribution in [0.1, 0.15) is 6.92 Å². The van der Waals surface area contributed by atoms with Crippen molar-refractivity contribution in [2.75, 3.05) is 11.9 Å². The standard InChI is InChI=1S/C8H11N3/c1-2-3-5-9-8-10-6-4-7-11-8/h2-4,6-7H,5H2,1H3,(H,9,10,11)/b3-2+. The van der Waals surface area contributed by atoms with Crippen LogP contribution in [0.3, 0.4) is 0 Å². The van der Waals surface area contributed by atoms with E-state index in [2.05, 4.69) is 15.3 Å². The average molecular weight is 149 g/mol. The zero-order valence-corrected chi connectivity index (χ0v) is 6.49. The summed E-state index contributed by atoms with van der Waals surface area (Å²) in [4.78, 5) is 7.99. The number of nitrogens with one attached hydrogen (secondary N) is 1. The normalized spacial score (nSPS) is 10.3. The zero-order chi connectivity index (χ0) is 7.94. The Morgan fingerprint density at radius 1 is 1.45 bits per heavy atom. The summed E-state index contributed by atoms with van der Waals surface area (Å²) in [6.07, 6.45) is 7.42. The number of hydrogen-bond acceptors (Lipinski definition) is 3. The highest BCUT2D eigenvalue weighted by molar-refractivity contribution is 5.23. The first-order valence-corrected chi connectivity index (χ1v) is 3.55. The number of hydrogen-bond donors (Lipinski definition) is 1. The molecule has 0 aromatic carbocycles. The highest BCUT2D eigenvalue weighted by atomic mass is 15.1. The Labute approximate surface area is 66.2 Å². The molecule has 0 saturated carbocycles. The maximum absolute atomic E-state index is 3.99. The molecule has 0 fully saturated rings. The molecule has 0 saturated heterocycles. The molecular weight excluding hydrogens is 138 g/mol. The first kappa shape index (κ1) is 7.72. The van der Waals surface area contributed by atoms with Crippen LogP contribution in [-0.4, -0.2) is 16.5 Å². The van der Waals surface area contributed by atoms with Gasteiger partial charge in [0.25, 0.3) is 0 Å². The fourth-order valence-electron chi connectivity index (χ4n) is 0.658. The molecule has 1 heterocycles. The van der Waals surface area contributed by atoms with Gasteiger partial charge >= 0.3 is 0 Å². The Balaban J connectivity index is 2.39. The van der Waals surface area contributed by atoms with Crippen LogP contribution >= 0.6 is 0 Å². The van der Waals surface area contributed by atoms with Crippen molar-refractivity contribution >= 4 is 5.95 Å². The minimum atomic E-state index is 0.672. The van der Waals surface area contributed by atoms with Gasteiger partial charge in [0.2, 0.25) is 5.95 Å². The van der Waals surface area contributed by atoms with Gasteiger partial charge in [-0.05, 0) is 13.0 Å². The van der Waals surface area contributed by atoms with Gasteiger partial charge in [-0.3, -0.25) is 0 Å². The van der Waals surface area contributed by atoms with Crippen LogP contribution in [0.2, 0.25) is 0 Å². The lowest BCUT2D eigenvalue weighted by Gasteiger charge is -1.97. The molecule has 3 nitrogen and oxygen atoms in total. The number of aromatic nitrogens is 2. The van der Waals surface area contributed by atoms with E-state index in [0.717, 1.165) is 6.54 Å². The van der Waals surface area contributed by atoms with Crippen LogP contribution in [-0.2, 0) is 0 Å². The first-order valence-electron chi connectivity index (χ1n) is 3.55. The number of anilines is 1. The second kappa shape index (κ2) is 4.44. The second-order valence-electron chi connectivity index (χ2n) is 2.02. The van der Waals surface area contributed by atoms with E-state index in [0.29, 0.717) is 5.95 Å². The number of rotatable bonds is 3. The molecular formula is C8H11N3. The van der Waals surface area contributed by atoms with Gasteiger partial charge < -0.3 is 5.32 Å². The zero-order valence-electron chi connectivity index (χ0n) is 6.49. The fourth-order valence-corrected chi connectivity index (χ4v) is 0.658. The summed E-state index contributed by atoms with van der Waals surface area (Å²) in [6, 6.07) is 1.79. The highest BCUT2D eigenvalue weighted by Crippen LogP contribution is 1.91. The van der Waals surface area contributed by atoms with Crippen LogP contribution in [0.15, 0.2) is 30.6 Å². The highest BCUT2D eigenvalue weighted by Gasteiger charge is 1.86. The summed E-state index contributed by atoms with van der Waals surface area (Å²) in [5.41, 5.74) is 0. The maximum Gasteiger partial charge on any atom is 0.222 e. The Hall–Kier alpha value is -1.38. The van der Waals surface area contributed by atoms with Gasteiger partial charge in [-0.15, -0.1) is 0 Å². The first-order chi connectivity index (χ1) is 5.43. The van der Waals surface area contributed by atoms with Crippen molar-refractivity contribution in [2.45, 2.75) is 6.92 Å². The third kappa shape index (κ3) is 2.80. The van der Waals surface area contributed by atoms with E-state index >= 15 is 0 Å². The van der Waals surface area contributed by atoms with Crippen molar-refractivity contribution in [1.29, 1.82) is 0 Å². The van der Waals surface area contributed by atoms with Crippen LogP contribution in [0.4, 0.5) is 5.95 Å². The van der Waals surface area contributed by atoms with E-state index in [1.165, 1.54) is 0 Å². The minimum absolute atomic E-state index is 0.672. The Morgan fingerprint density at radius 3 is 2.82 bits per heavy atom. The predicted octanol–water partition coefficient (Wildman–Crippen LogP) is 1.46. The lowest BCUT2D eigenvalue weighted by atomic mass is 10.5. The fraction of sp³-hybridized carbons (Fsp3) is 0.250. The Morgan fingerprint density at radius 2 is 2.18 bits per heavy atom. The molecule has 0 radical (unpaired) electrons. The number of allylic oxidation sites excluding steroid dienone is 1. The lowest BCUT2D eigenvalue weighted by Crippen LogP contribution is -2.01. The van der Waals surface area contributed by atoms with Crippen LogP contribution in [0, 0.1) is 0 Å². The van der Waals surface area contributed by atoms with E-state index in [-0.39, 0.29) is 0 Å². The van der Waals surface area contributed by atoms with E-state index in [1.54, 1.807) is 18.5 Å². The van der Waals surface area contributed by atoms with E-state index < -0.39 is 0 Å². The average Bonchev–Trinajstić information content (AvgIpc) is 2.07. The molecule has 0 atom stereocenters. The molecule has 0 aliphatic carbocycles. The molecule has 0 bridgehead atoms. The van der Waals surface area contributed by atoms with E-state index in [4.69, 9.17) is 0 Å². The van der Waals surface area contributed by atoms with E-state index in [1.807, 2.05) is 19.1 Å². The van der Waals surface area contributed by atoms with Crippen LogP contribution in [0.25, 0.3) is 0 Å². The van der Waals surface area contributed by atoms with Crippen LogP contribution in [0.5, 0.6) is 0 Å². The Kier molecular flexibility index (Phi) is 3.12. The summed E-state index contributed by atoms with van der Waals surface area (Å²) in [6.45, 7) is 2.76. The maximum atomic E-state index is 3.99. The topological polar surface area (TPSA) is 37.8 Å². The lowest BCUT2D eigenvalue weighted by molar-refractivity contribution is 1.12. The predicted molar refractivity (Wildman–Crippen MR) is 45.3 cm³/mol. The van der Waals surface area contributed by atoms with Crippen molar-refractivity contribution in [3.05, 3.63) is 30.6 Å². The smallest absolute Gasteiger partial charge is 0.222 e. The molecule has 3 heteroatoms. The van der Waals surface area contributed by atoms with Crippen molar-refractivity contribution in [3.8, 4) is 0 Å². The van der Waals surface area contributed by atoms with Gasteiger partial charge in [0.05, 0.1) is 0 Å². The molecule has 1 N–H and O–H groups in total. The van der Waals surface area contributed by atoms with Crippen molar-refractivity contribution < 1.29 is 0 Å². The quantitative estimate of drug-likeness (QED) is 0.661. The van der Waals surface area contributed by atoms with Crippen molar-refractivity contribution in [3.63, 3.8) is 0 Å². The molecule has 1 aromatic rings. The summed E-state index contributed by atoms with van der Waals surface area (Å²) < 4.78 is 0. The van der Waals surface area contributed by atoms with E-state index in [9.17, 15) is 0 Å². The second-order valence-corrected chi connectivity index (χ2v) is 2.02. The Bertz CT molecular complexity index is 218. The minimum Gasteiger partial charge on any atom is -0.351 e.